The maximum absolute atomic E-state index is 13.3. The van der Waals surface area contributed by atoms with Crippen molar-refractivity contribution >= 4 is 0 Å². The van der Waals surface area contributed by atoms with Crippen molar-refractivity contribution in [1.82, 2.24) is 14.8 Å². The summed E-state index contributed by atoms with van der Waals surface area (Å²) in [5, 5.41) is 4.28. The van der Waals surface area contributed by atoms with Crippen molar-refractivity contribution in [3.05, 3.63) is 83.9 Å². The molecule has 0 amide bonds. The maximum atomic E-state index is 13.3. The van der Waals surface area contributed by atoms with Crippen molar-refractivity contribution in [2.75, 3.05) is 0 Å². The molecular formula is C19H18F3N3. The van der Waals surface area contributed by atoms with Crippen LogP contribution < -0.4 is 0 Å². The summed E-state index contributed by atoms with van der Waals surface area (Å²) in [5.74, 6) is 0. The Kier molecular flexibility index (Phi) is 4.61. The molecular weight excluding hydrogens is 327 g/mol. The van der Waals surface area contributed by atoms with Gasteiger partial charge in [0.05, 0.1) is 5.56 Å². The lowest BCUT2D eigenvalue weighted by atomic mass is 9.79. The lowest BCUT2D eigenvalue weighted by molar-refractivity contribution is -0.137. The van der Waals surface area contributed by atoms with Gasteiger partial charge in [-0.3, -0.25) is 0 Å². The van der Waals surface area contributed by atoms with Crippen molar-refractivity contribution in [3.63, 3.8) is 0 Å². The zero-order valence-corrected chi connectivity index (χ0v) is 13.7. The molecule has 1 aromatic heterocycles. The first kappa shape index (κ1) is 17.2. The summed E-state index contributed by atoms with van der Waals surface area (Å²) in [6, 6.07) is 14.9. The van der Waals surface area contributed by atoms with Crippen LogP contribution in [0, 0.1) is 0 Å². The highest BCUT2D eigenvalue weighted by Crippen LogP contribution is 2.40. The number of halogens is 3. The zero-order valence-electron chi connectivity index (χ0n) is 13.7. The average molecular weight is 345 g/mol. The summed E-state index contributed by atoms with van der Waals surface area (Å²) in [5.41, 5.74) is -0.0857. The molecule has 0 saturated carbocycles. The number of hydrogen-bond donors (Lipinski definition) is 0. The van der Waals surface area contributed by atoms with Gasteiger partial charge in [0.15, 0.2) is 0 Å². The number of nitrogens with zero attached hydrogens (tertiary/aromatic N) is 3. The van der Waals surface area contributed by atoms with Gasteiger partial charge >= 0.3 is 6.18 Å². The third-order valence-electron chi connectivity index (χ3n) is 4.34. The van der Waals surface area contributed by atoms with Gasteiger partial charge in [-0.25, -0.2) is 9.67 Å². The van der Waals surface area contributed by atoms with Crippen LogP contribution in [-0.4, -0.2) is 14.8 Å². The van der Waals surface area contributed by atoms with Crippen LogP contribution in [0.4, 0.5) is 13.2 Å². The molecule has 0 aliphatic rings. The zero-order chi connectivity index (χ0) is 17.9. The number of benzene rings is 2. The van der Waals surface area contributed by atoms with Gasteiger partial charge in [-0.2, -0.15) is 18.3 Å². The Bertz CT molecular complexity index is 813. The Morgan fingerprint density at radius 2 is 1.60 bits per heavy atom. The third kappa shape index (κ3) is 3.16. The summed E-state index contributed by atoms with van der Waals surface area (Å²) >= 11 is 0. The Morgan fingerprint density at radius 3 is 2.20 bits per heavy atom. The van der Waals surface area contributed by atoms with Crippen molar-refractivity contribution in [2.24, 2.45) is 0 Å². The van der Waals surface area contributed by atoms with E-state index in [2.05, 4.69) is 10.1 Å². The monoisotopic (exact) mass is 345 g/mol. The number of aromatic nitrogens is 3. The maximum Gasteiger partial charge on any atom is 0.416 e. The Hall–Kier alpha value is -2.63. The Labute approximate surface area is 144 Å². The highest BCUT2D eigenvalue weighted by Gasteiger charge is 2.39. The van der Waals surface area contributed by atoms with Crippen LogP contribution in [0.5, 0.6) is 0 Å². The lowest BCUT2D eigenvalue weighted by Gasteiger charge is -2.35. The van der Waals surface area contributed by atoms with Crippen LogP contribution in [0.25, 0.3) is 0 Å². The van der Waals surface area contributed by atoms with Crippen molar-refractivity contribution in [1.29, 1.82) is 0 Å². The predicted molar refractivity (Wildman–Crippen MR) is 89.0 cm³/mol. The third-order valence-corrected chi connectivity index (χ3v) is 4.34. The smallest absolute Gasteiger partial charge is 0.238 e. The Morgan fingerprint density at radius 1 is 0.920 bits per heavy atom. The molecule has 130 valence electrons. The number of hydrogen-bond acceptors (Lipinski definition) is 2. The van der Waals surface area contributed by atoms with Crippen molar-refractivity contribution < 1.29 is 13.2 Å². The molecule has 1 atom stereocenters. The second-order valence-electron chi connectivity index (χ2n) is 5.89. The van der Waals surface area contributed by atoms with E-state index in [0.717, 1.165) is 18.1 Å². The fraction of sp³-hybridized carbons (Fsp3) is 0.263. The molecule has 3 nitrogen and oxygen atoms in total. The van der Waals surface area contributed by atoms with E-state index in [-0.39, 0.29) is 0 Å². The number of rotatable bonds is 5. The van der Waals surface area contributed by atoms with E-state index in [9.17, 15) is 13.2 Å². The summed E-state index contributed by atoms with van der Waals surface area (Å²) < 4.78 is 41.4. The van der Waals surface area contributed by atoms with Gasteiger partial charge in [-0.1, -0.05) is 55.8 Å². The molecule has 0 spiro atoms. The van der Waals surface area contributed by atoms with Crippen LogP contribution in [-0.2, 0) is 11.7 Å². The van der Waals surface area contributed by atoms with E-state index in [1.165, 1.54) is 18.5 Å². The minimum absolute atomic E-state index is 0.542. The molecule has 1 unspecified atom stereocenters. The van der Waals surface area contributed by atoms with Gasteiger partial charge in [0.25, 0.3) is 0 Å². The topological polar surface area (TPSA) is 30.7 Å². The van der Waals surface area contributed by atoms with Gasteiger partial charge in [0.2, 0.25) is 0 Å². The van der Waals surface area contributed by atoms with Crippen molar-refractivity contribution in [3.8, 4) is 0 Å². The Balaban J connectivity index is 2.28. The van der Waals surface area contributed by atoms with E-state index < -0.39 is 17.3 Å². The number of alkyl halides is 3. The summed E-state index contributed by atoms with van der Waals surface area (Å²) in [6.07, 6.45) is -0.0659. The largest absolute Gasteiger partial charge is 0.416 e. The van der Waals surface area contributed by atoms with E-state index in [0.29, 0.717) is 12.0 Å². The molecule has 0 N–H and O–H groups in total. The summed E-state index contributed by atoms with van der Waals surface area (Å²) in [4.78, 5) is 4.02. The predicted octanol–water partition coefficient (Wildman–Crippen LogP) is 4.89. The molecule has 2 aromatic carbocycles. The molecule has 1 heterocycles. The summed E-state index contributed by atoms with van der Waals surface area (Å²) in [6.45, 7) is 2.00. The van der Waals surface area contributed by atoms with Gasteiger partial charge in [-0.05, 0) is 29.7 Å². The van der Waals surface area contributed by atoms with E-state index in [4.69, 9.17) is 0 Å². The molecule has 0 radical (unpaired) electrons. The minimum Gasteiger partial charge on any atom is -0.238 e. The van der Waals surface area contributed by atoms with Crippen LogP contribution >= 0.6 is 0 Å². The highest BCUT2D eigenvalue weighted by atomic mass is 19.4. The molecule has 6 heteroatoms. The van der Waals surface area contributed by atoms with Crippen LogP contribution in [0.15, 0.2) is 67.3 Å². The van der Waals surface area contributed by atoms with Crippen molar-refractivity contribution in [2.45, 2.75) is 31.5 Å². The van der Waals surface area contributed by atoms with E-state index >= 15 is 0 Å². The van der Waals surface area contributed by atoms with E-state index in [1.807, 2.05) is 37.3 Å². The van der Waals surface area contributed by atoms with Crippen LogP contribution in [0.3, 0.4) is 0 Å². The molecule has 25 heavy (non-hydrogen) atoms. The molecule has 0 bridgehead atoms. The van der Waals surface area contributed by atoms with Crippen LogP contribution in [0.1, 0.15) is 36.5 Å². The second-order valence-corrected chi connectivity index (χ2v) is 5.89. The van der Waals surface area contributed by atoms with Gasteiger partial charge in [0, 0.05) is 0 Å². The molecule has 0 aliphatic heterocycles. The van der Waals surface area contributed by atoms with Gasteiger partial charge in [-0.15, -0.1) is 0 Å². The highest BCUT2D eigenvalue weighted by molar-refractivity contribution is 5.41. The first-order valence-corrected chi connectivity index (χ1v) is 8.07. The van der Waals surface area contributed by atoms with Gasteiger partial charge < -0.3 is 0 Å². The first-order chi connectivity index (χ1) is 12.0. The standard InChI is InChI=1S/C19H18F3N3/c1-2-11-18(25-14-23-13-24-25,15-7-4-3-5-8-15)16-9-6-10-17(12-16)19(20,21)22/h3-10,12-14H,2,11H2,1H3. The molecule has 3 rings (SSSR count). The van der Waals surface area contributed by atoms with Gasteiger partial charge in [0.1, 0.15) is 18.2 Å². The molecule has 0 fully saturated rings. The molecule has 0 aliphatic carbocycles. The lowest BCUT2D eigenvalue weighted by Crippen LogP contribution is -2.37. The minimum atomic E-state index is -4.40. The van der Waals surface area contributed by atoms with E-state index in [1.54, 1.807) is 17.1 Å². The SMILES string of the molecule is CCCC(c1ccccc1)(c1cccc(C(F)(F)F)c1)n1cncn1. The second kappa shape index (κ2) is 6.70. The van der Waals surface area contributed by atoms with Crippen LogP contribution in [0.2, 0.25) is 0 Å². The first-order valence-electron chi connectivity index (χ1n) is 8.07. The fourth-order valence-corrected chi connectivity index (χ4v) is 3.27. The summed E-state index contributed by atoms with van der Waals surface area (Å²) in [7, 11) is 0. The average Bonchev–Trinajstić information content (AvgIpc) is 3.15. The quantitative estimate of drug-likeness (QED) is 0.659. The molecule has 0 saturated heterocycles. The fourth-order valence-electron chi connectivity index (χ4n) is 3.27. The normalized spacial score (nSPS) is 14.2. The molecule has 3 aromatic rings.